The minimum Gasteiger partial charge on any atom is -0.459 e. The maximum atomic E-state index is 12.8. The molecule has 0 N–H and O–H groups in total. The van der Waals surface area contributed by atoms with Crippen molar-refractivity contribution in [3.63, 3.8) is 0 Å². The summed E-state index contributed by atoms with van der Waals surface area (Å²) in [5.41, 5.74) is 2.50. The molecule has 2 rings (SSSR count). The Kier molecular flexibility index (Phi) is 5.85. The van der Waals surface area contributed by atoms with Gasteiger partial charge in [0.15, 0.2) is 5.76 Å². The van der Waals surface area contributed by atoms with Crippen molar-refractivity contribution in [3.8, 4) is 0 Å². The number of anilines is 1. The Bertz CT molecular complexity index is 734. The van der Waals surface area contributed by atoms with Crippen LogP contribution in [-0.4, -0.2) is 19.2 Å². The Morgan fingerprint density at radius 3 is 2.32 bits per heavy atom. The van der Waals surface area contributed by atoms with Crippen LogP contribution in [0.4, 0.5) is 10.5 Å². The van der Waals surface area contributed by atoms with Crippen LogP contribution in [0, 0.1) is 0 Å². The van der Waals surface area contributed by atoms with E-state index in [1.807, 2.05) is 26.0 Å². The zero-order valence-electron chi connectivity index (χ0n) is 15.1. The molecular formula is C19H23NO5. The Labute approximate surface area is 147 Å². The van der Waals surface area contributed by atoms with E-state index < -0.39 is 12.1 Å². The molecule has 2 aromatic rings. The van der Waals surface area contributed by atoms with Crippen molar-refractivity contribution in [2.24, 2.45) is 0 Å². The van der Waals surface area contributed by atoms with Crippen LogP contribution in [0.2, 0.25) is 0 Å². The van der Waals surface area contributed by atoms with E-state index in [9.17, 15) is 9.59 Å². The molecule has 1 heterocycles. The Hall–Kier alpha value is -2.76. The van der Waals surface area contributed by atoms with E-state index in [1.165, 1.54) is 19.4 Å². The summed E-state index contributed by atoms with van der Waals surface area (Å²) in [6.07, 6.45) is 0.400. The zero-order valence-corrected chi connectivity index (χ0v) is 15.1. The molecule has 0 atom stereocenters. The summed E-state index contributed by atoms with van der Waals surface area (Å²) in [4.78, 5) is 29.5. The van der Waals surface area contributed by atoms with Gasteiger partial charge in [-0.25, -0.2) is 4.79 Å². The number of ether oxygens (including phenoxy) is 1. The van der Waals surface area contributed by atoms with Crippen molar-refractivity contribution in [1.29, 1.82) is 0 Å². The predicted molar refractivity (Wildman–Crippen MR) is 93.6 cm³/mol. The summed E-state index contributed by atoms with van der Waals surface area (Å²) in [5, 5.41) is 0.921. The van der Waals surface area contributed by atoms with Gasteiger partial charge in [-0.1, -0.05) is 39.8 Å². The van der Waals surface area contributed by atoms with E-state index in [0.717, 1.165) is 16.2 Å². The number of hydrogen-bond donors (Lipinski definition) is 0. The van der Waals surface area contributed by atoms with Crippen LogP contribution in [0.25, 0.3) is 0 Å². The third-order valence-corrected chi connectivity index (χ3v) is 3.81. The van der Waals surface area contributed by atoms with Crippen molar-refractivity contribution < 1.29 is 23.6 Å². The van der Waals surface area contributed by atoms with Crippen molar-refractivity contribution >= 4 is 17.7 Å². The summed E-state index contributed by atoms with van der Waals surface area (Å²) < 4.78 is 9.70. The Morgan fingerprint density at radius 1 is 1.08 bits per heavy atom. The second-order valence-corrected chi connectivity index (χ2v) is 6.25. The molecule has 25 heavy (non-hydrogen) atoms. The molecule has 1 aromatic carbocycles. The zero-order chi connectivity index (χ0) is 18.6. The summed E-state index contributed by atoms with van der Waals surface area (Å²) in [6.45, 7) is 8.21. The largest absolute Gasteiger partial charge is 0.533 e. The average molecular weight is 345 g/mol. The van der Waals surface area contributed by atoms with E-state index in [0.29, 0.717) is 11.6 Å². The van der Waals surface area contributed by atoms with Gasteiger partial charge >= 0.3 is 12.1 Å². The minimum absolute atomic E-state index is 0.0616. The second kappa shape index (κ2) is 7.88. The first-order valence-corrected chi connectivity index (χ1v) is 8.12. The van der Waals surface area contributed by atoms with E-state index in [4.69, 9.17) is 9.25 Å². The summed E-state index contributed by atoms with van der Waals surface area (Å²) >= 11 is 0. The third-order valence-electron chi connectivity index (χ3n) is 3.81. The SMILES string of the molecule is COC(=O)ON(C(=O)c1ccco1)c1ccc(C(C)C)cc1C(C)C. The molecule has 0 radical (unpaired) electrons. The Morgan fingerprint density at radius 2 is 1.80 bits per heavy atom. The molecule has 6 nitrogen and oxygen atoms in total. The highest BCUT2D eigenvalue weighted by Gasteiger charge is 2.28. The molecule has 0 unspecified atom stereocenters. The number of hydrogen-bond acceptors (Lipinski definition) is 5. The summed E-state index contributed by atoms with van der Waals surface area (Å²) in [6, 6.07) is 8.80. The highest BCUT2D eigenvalue weighted by molar-refractivity contribution is 6.04. The monoisotopic (exact) mass is 345 g/mol. The van der Waals surface area contributed by atoms with E-state index in [-0.39, 0.29) is 11.7 Å². The van der Waals surface area contributed by atoms with Gasteiger partial charge in [0.05, 0.1) is 19.1 Å². The molecule has 0 aliphatic heterocycles. The molecule has 0 spiro atoms. The number of rotatable bonds is 4. The van der Waals surface area contributed by atoms with Crippen LogP contribution >= 0.6 is 0 Å². The molecular weight excluding hydrogens is 322 g/mol. The van der Waals surface area contributed by atoms with Crippen LogP contribution in [-0.2, 0) is 9.57 Å². The van der Waals surface area contributed by atoms with Gasteiger partial charge in [-0.2, -0.15) is 0 Å². The van der Waals surface area contributed by atoms with Gasteiger partial charge in [0.25, 0.3) is 0 Å². The number of furan rings is 1. The topological polar surface area (TPSA) is 69.0 Å². The number of methoxy groups -OCH3 is 1. The lowest BCUT2D eigenvalue weighted by Gasteiger charge is -2.24. The normalized spacial score (nSPS) is 10.8. The molecule has 0 saturated carbocycles. The van der Waals surface area contributed by atoms with Gasteiger partial charge in [0.1, 0.15) is 0 Å². The van der Waals surface area contributed by atoms with Crippen LogP contribution in [0.5, 0.6) is 0 Å². The van der Waals surface area contributed by atoms with E-state index in [2.05, 4.69) is 18.6 Å². The predicted octanol–water partition coefficient (Wildman–Crippen LogP) is 4.87. The molecule has 1 aromatic heterocycles. The fraction of sp³-hybridized carbons (Fsp3) is 0.368. The first-order chi connectivity index (χ1) is 11.8. The quantitative estimate of drug-likeness (QED) is 0.584. The van der Waals surface area contributed by atoms with Crippen molar-refractivity contribution in [1.82, 2.24) is 0 Å². The summed E-state index contributed by atoms with van der Waals surface area (Å²) in [5.74, 6) is -0.0784. The van der Waals surface area contributed by atoms with Crippen LogP contribution in [0.1, 0.15) is 61.2 Å². The molecule has 6 heteroatoms. The number of carbonyl (C=O) groups excluding carboxylic acids is 2. The van der Waals surface area contributed by atoms with Gasteiger partial charge < -0.3 is 9.15 Å². The maximum absolute atomic E-state index is 12.8. The lowest BCUT2D eigenvalue weighted by molar-refractivity contribution is 0.0495. The smallest absolute Gasteiger partial charge is 0.459 e. The molecule has 0 aliphatic rings. The second-order valence-electron chi connectivity index (χ2n) is 6.25. The number of hydroxylamine groups is 1. The number of carbonyl (C=O) groups is 2. The fourth-order valence-electron chi connectivity index (χ4n) is 2.39. The van der Waals surface area contributed by atoms with Gasteiger partial charge in [0.2, 0.25) is 0 Å². The lowest BCUT2D eigenvalue weighted by Crippen LogP contribution is -2.34. The van der Waals surface area contributed by atoms with Crippen LogP contribution in [0.3, 0.4) is 0 Å². The first kappa shape index (κ1) is 18.6. The van der Waals surface area contributed by atoms with Crippen molar-refractivity contribution in [2.75, 3.05) is 12.2 Å². The van der Waals surface area contributed by atoms with E-state index >= 15 is 0 Å². The van der Waals surface area contributed by atoms with Crippen molar-refractivity contribution in [2.45, 2.75) is 39.5 Å². The standard InChI is InChI=1S/C19H23NO5/c1-12(2)14-8-9-16(15(11-14)13(3)4)20(25-19(22)23-5)18(21)17-7-6-10-24-17/h6-13H,1-5H3. The summed E-state index contributed by atoms with van der Waals surface area (Å²) in [7, 11) is 1.18. The van der Waals surface area contributed by atoms with E-state index in [1.54, 1.807) is 12.1 Å². The molecule has 0 bridgehead atoms. The first-order valence-electron chi connectivity index (χ1n) is 8.12. The molecule has 0 aliphatic carbocycles. The Balaban J connectivity index is 2.52. The average Bonchev–Trinajstić information content (AvgIpc) is 3.12. The third kappa shape index (κ3) is 4.21. The molecule has 134 valence electrons. The number of amides is 1. The van der Waals surface area contributed by atoms with Gasteiger partial charge in [-0.05, 0) is 41.2 Å². The highest BCUT2D eigenvalue weighted by Crippen LogP contribution is 2.32. The molecule has 1 amide bonds. The van der Waals surface area contributed by atoms with Gasteiger partial charge in [0, 0.05) is 0 Å². The lowest BCUT2D eigenvalue weighted by atomic mass is 9.94. The highest BCUT2D eigenvalue weighted by atomic mass is 16.8. The number of nitrogens with zero attached hydrogens (tertiary/aromatic N) is 1. The molecule has 0 saturated heterocycles. The van der Waals surface area contributed by atoms with Crippen LogP contribution in [0.15, 0.2) is 41.0 Å². The van der Waals surface area contributed by atoms with Gasteiger partial charge in [-0.3, -0.25) is 9.63 Å². The fourth-order valence-corrected chi connectivity index (χ4v) is 2.39. The van der Waals surface area contributed by atoms with Gasteiger partial charge in [-0.15, -0.1) is 5.06 Å². The number of benzene rings is 1. The minimum atomic E-state index is -0.984. The molecule has 0 fully saturated rings. The maximum Gasteiger partial charge on any atom is 0.533 e. The van der Waals surface area contributed by atoms with Crippen molar-refractivity contribution in [3.05, 3.63) is 53.5 Å². The van der Waals surface area contributed by atoms with Crippen LogP contribution < -0.4 is 5.06 Å².